The molecule has 5 rings (SSSR count). The Morgan fingerprint density at radius 3 is 2.65 bits per heavy atom. The van der Waals surface area contributed by atoms with Gasteiger partial charge in [-0.1, -0.05) is 35.9 Å². The highest BCUT2D eigenvalue weighted by atomic mass is 16.5. The van der Waals surface area contributed by atoms with Crippen LogP contribution in [0.3, 0.4) is 0 Å². The second-order valence-electron chi connectivity index (χ2n) is 8.54. The third-order valence-corrected chi connectivity index (χ3v) is 6.49. The van der Waals surface area contributed by atoms with Crippen LogP contribution in [0.5, 0.6) is 0 Å². The van der Waals surface area contributed by atoms with E-state index in [1.165, 1.54) is 11.1 Å². The second kappa shape index (κ2) is 7.85. The number of carbonyl (C=O) groups excluding carboxylic acids is 2. The van der Waals surface area contributed by atoms with Crippen molar-refractivity contribution in [1.29, 1.82) is 0 Å². The average Bonchev–Trinajstić information content (AvgIpc) is 3.13. The minimum absolute atomic E-state index is 0.0281. The second-order valence-corrected chi connectivity index (χ2v) is 8.54. The van der Waals surface area contributed by atoms with E-state index in [0.717, 1.165) is 22.9 Å². The summed E-state index contributed by atoms with van der Waals surface area (Å²) >= 11 is 0. The Labute approximate surface area is 182 Å². The Morgan fingerprint density at radius 1 is 1.00 bits per heavy atom. The lowest BCUT2D eigenvalue weighted by atomic mass is 9.99. The number of carbonyl (C=O) groups is 2. The van der Waals surface area contributed by atoms with Crippen LogP contribution in [0.15, 0.2) is 48.5 Å². The lowest BCUT2D eigenvalue weighted by Gasteiger charge is -2.36. The van der Waals surface area contributed by atoms with E-state index in [9.17, 15) is 9.59 Å². The fourth-order valence-corrected chi connectivity index (χ4v) is 4.71. The molecule has 1 saturated heterocycles. The monoisotopic (exact) mass is 417 g/mol. The van der Waals surface area contributed by atoms with Crippen molar-refractivity contribution in [2.75, 3.05) is 26.2 Å². The van der Waals surface area contributed by atoms with E-state index in [4.69, 9.17) is 4.74 Å². The molecule has 0 unspecified atom stereocenters. The molecule has 6 heteroatoms. The molecule has 0 N–H and O–H groups in total. The third-order valence-electron chi connectivity index (χ3n) is 6.49. The smallest absolute Gasteiger partial charge is 0.270 e. The molecule has 0 radical (unpaired) electrons. The summed E-state index contributed by atoms with van der Waals surface area (Å²) in [5.41, 5.74) is 5.33. The van der Waals surface area contributed by atoms with Crippen LogP contribution in [-0.4, -0.2) is 58.5 Å². The van der Waals surface area contributed by atoms with Crippen LogP contribution < -0.4 is 0 Å². The molecule has 1 aromatic heterocycles. The van der Waals surface area contributed by atoms with Gasteiger partial charge in [-0.05, 0) is 42.7 Å². The topological polar surface area (TPSA) is 54.8 Å². The van der Waals surface area contributed by atoms with E-state index in [2.05, 4.69) is 24.3 Å². The number of benzene rings is 2. The molecular weight excluding hydrogens is 390 g/mol. The van der Waals surface area contributed by atoms with Gasteiger partial charge in [0.05, 0.1) is 13.2 Å². The first-order valence-electron chi connectivity index (χ1n) is 10.8. The number of fused-ring (bicyclic) bond motifs is 2. The van der Waals surface area contributed by atoms with Crippen LogP contribution in [0, 0.1) is 6.92 Å². The maximum absolute atomic E-state index is 13.3. The van der Waals surface area contributed by atoms with E-state index in [0.29, 0.717) is 31.9 Å². The summed E-state index contributed by atoms with van der Waals surface area (Å²) in [4.78, 5) is 30.1. The molecule has 2 amide bonds. The summed E-state index contributed by atoms with van der Waals surface area (Å²) in [7, 11) is 1.92. The Bertz CT molecular complexity index is 1170. The Kier molecular flexibility index (Phi) is 5.02. The first-order valence-corrected chi connectivity index (χ1v) is 10.8. The van der Waals surface area contributed by atoms with E-state index in [-0.39, 0.29) is 18.4 Å². The molecule has 3 heterocycles. The lowest BCUT2D eigenvalue weighted by molar-refractivity contribution is -0.149. The van der Waals surface area contributed by atoms with Crippen molar-refractivity contribution in [2.45, 2.75) is 26.0 Å². The van der Waals surface area contributed by atoms with Gasteiger partial charge in [0.15, 0.2) is 6.10 Å². The van der Waals surface area contributed by atoms with Gasteiger partial charge in [0.25, 0.3) is 11.8 Å². The predicted molar refractivity (Wildman–Crippen MR) is 119 cm³/mol. The number of rotatable bonds is 2. The summed E-state index contributed by atoms with van der Waals surface area (Å²) in [6.07, 6.45) is 0.243. The predicted octanol–water partition coefficient (Wildman–Crippen LogP) is 2.91. The van der Waals surface area contributed by atoms with Crippen molar-refractivity contribution in [2.24, 2.45) is 7.05 Å². The first-order chi connectivity index (χ1) is 15.0. The third kappa shape index (κ3) is 3.61. The van der Waals surface area contributed by atoms with E-state index >= 15 is 0 Å². The molecular formula is C25H27N3O3. The zero-order valence-corrected chi connectivity index (χ0v) is 18.0. The lowest BCUT2D eigenvalue weighted by Crippen LogP contribution is -2.53. The minimum Gasteiger partial charge on any atom is -0.365 e. The van der Waals surface area contributed by atoms with Crippen LogP contribution >= 0.6 is 0 Å². The minimum atomic E-state index is -0.611. The molecule has 160 valence electrons. The number of morpholine rings is 1. The van der Waals surface area contributed by atoms with Crippen LogP contribution in [0.1, 0.15) is 27.2 Å². The van der Waals surface area contributed by atoms with Crippen LogP contribution in [0.4, 0.5) is 0 Å². The maximum atomic E-state index is 13.3. The Balaban J connectivity index is 1.32. The molecule has 2 aromatic carbocycles. The van der Waals surface area contributed by atoms with Crippen LogP contribution in [-0.2, 0) is 29.5 Å². The number of aromatic nitrogens is 1. The molecule has 2 aliphatic rings. The SMILES string of the molecule is Cc1ccc2c(c1)cc(C(=O)N1CCO[C@@H](C(=O)N3CCc4ccccc4C3)C1)n2C. The number of ether oxygens (including phenoxy) is 1. The quantitative estimate of drug-likeness (QED) is 0.644. The van der Waals surface area contributed by atoms with Gasteiger partial charge in [-0.25, -0.2) is 0 Å². The summed E-state index contributed by atoms with van der Waals surface area (Å²) in [5, 5.41) is 1.05. The molecule has 0 bridgehead atoms. The zero-order valence-electron chi connectivity index (χ0n) is 18.0. The number of hydrogen-bond acceptors (Lipinski definition) is 3. The van der Waals surface area contributed by atoms with Crippen molar-refractivity contribution in [1.82, 2.24) is 14.4 Å². The Hall–Kier alpha value is -3.12. The van der Waals surface area contributed by atoms with E-state index in [1.807, 2.05) is 47.7 Å². The number of amides is 2. The normalized spacial score (nSPS) is 18.8. The van der Waals surface area contributed by atoms with Gasteiger partial charge in [0.2, 0.25) is 0 Å². The standard InChI is InChI=1S/C25H27N3O3/c1-17-7-8-21-20(13-17)14-22(26(21)2)24(29)28-11-12-31-23(16-28)25(30)27-10-9-18-5-3-4-6-19(18)15-27/h3-8,13-14,23H,9-12,15-16H2,1-2H3/t23-/m1/s1. The molecule has 6 nitrogen and oxygen atoms in total. The highest BCUT2D eigenvalue weighted by molar-refractivity contribution is 5.99. The molecule has 1 atom stereocenters. The van der Waals surface area contributed by atoms with Gasteiger partial charge in [-0.15, -0.1) is 0 Å². The maximum Gasteiger partial charge on any atom is 0.270 e. The van der Waals surface area contributed by atoms with Gasteiger partial charge in [-0.3, -0.25) is 9.59 Å². The van der Waals surface area contributed by atoms with Crippen LogP contribution in [0.25, 0.3) is 10.9 Å². The fraction of sp³-hybridized carbons (Fsp3) is 0.360. The van der Waals surface area contributed by atoms with Gasteiger partial charge < -0.3 is 19.1 Å². The molecule has 2 aliphatic heterocycles. The summed E-state index contributed by atoms with van der Waals surface area (Å²) in [6.45, 7) is 4.49. The molecule has 0 saturated carbocycles. The molecule has 31 heavy (non-hydrogen) atoms. The van der Waals surface area contributed by atoms with Crippen molar-refractivity contribution < 1.29 is 14.3 Å². The molecule has 0 aliphatic carbocycles. The van der Waals surface area contributed by atoms with Gasteiger partial charge in [-0.2, -0.15) is 0 Å². The number of aryl methyl sites for hydroxylation is 2. The largest absolute Gasteiger partial charge is 0.365 e. The zero-order chi connectivity index (χ0) is 21.5. The highest BCUT2D eigenvalue weighted by Crippen LogP contribution is 2.23. The van der Waals surface area contributed by atoms with Gasteiger partial charge in [0.1, 0.15) is 5.69 Å². The van der Waals surface area contributed by atoms with E-state index < -0.39 is 6.10 Å². The summed E-state index contributed by atoms with van der Waals surface area (Å²) in [6, 6.07) is 16.4. The fourth-order valence-electron chi connectivity index (χ4n) is 4.71. The highest BCUT2D eigenvalue weighted by Gasteiger charge is 2.34. The van der Waals surface area contributed by atoms with Crippen molar-refractivity contribution in [3.63, 3.8) is 0 Å². The molecule has 3 aromatic rings. The van der Waals surface area contributed by atoms with Crippen molar-refractivity contribution >= 4 is 22.7 Å². The number of nitrogens with zero attached hydrogens (tertiary/aromatic N) is 3. The van der Waals surface area contributed by atoms with Crippen molar-refractivity contribution in [3.8, 4) is 0 Å². The molecule has 0 spiro atoms. The van der Waals surface area contributed by atoms with Gasteiger partial charge >= 0.3 is 0 Å². The first kappa shape index (κ1) is 19.8. The van der Waals surface area contributed by atoms with Crippen LogP contribution in [0.2, 0.25) is 0 Å². The number of hydrogen-bond donors (Lipinski definition) is 0. The average molecular weight is 418 g/mol. The van der Waals surface area contributed by atoms with Gasteiger partial charge in [0, 0.05) is 37.6 Å². The van der Waals surface area contributed by atoms with Crippen molar-refractivity contribution in [3.05, 3.63) is 70.9 Å². The van der Waals surface area contributed by atoms with E-state index in [1.54, 1.807) is 4.90 Å². The molecule has 1 fully saturated rings. The summed E-state index contributed by atoms with van der Waals surface area (Å²) in [5.74, 6) is -0.0823. The summed E-state index contributed by atoms with van der Waals surface area (Å²) < 4.78 is 7.75. The Morgan fingerprint density at radius 2 is 1.81 bits per heavy atom.